The monoisotopic (exact) mass is 357 g/mol. The smallest absolute Gasteiger partial charge is 0.410 e. The van der Waals surface area contributed by atoms with Crippen molar-refractivity contribution >= 4 is 27.9 Å². The molecule has 0 saturated carbocycles. The maximum absolute atomic E-state index is 11.8. The van der Waals surface area contributed by atoms with E-state index in [2.05, 4.69) is 26.2 Å². The molecular formula is C14H20BrN3O3. The van der Waals surface area contributed by atoms with Gasteiger partial charge in [-0.25, -0.2) is 9.78 Å². The molecule has 1 heterocycles. The molecule has 1 rings (SSSR count). The van der Waals surface area contributed by atoms with Crippen LogP contribution >= 0.6 is 15.9 Å². The number of nitrogens with zero attached hydrogens (tertiary/aromatic N) is 2. The van der Waals surface area contributed by atoms with Crippen LogP contribution in [0, 0.1) is 0 Å². The minimum atomic E-state index is -0.533. The quantitative estimate of drug-likeness (QED) is 0.840. The van der Waals surface area contributed by atoms with Crippen molar-refractivity contribution < 1.29 is 14.3 Å². The molecule has 116 valence electrons. The lowest BCUT2D eigenvalue weighted by molar-refractivity contribution is 0.0299. The highest BCUT2D eigenvalue weighted by Crippen LogP contribution is 2.09. The van der Waals surface area contributed by atoms with Crippen molar-refractivity contribution in [3.05, 3.63) is 28.5 Å². The first-order valence-electron chi connectivity index (χ1n) is 6.54. The van der Waals surface area contributed by atoms with Gasteiger partial charge in [0.1, 0.15) is 15.9 Å². The summed E-state index contributed by atoms with van der Waals surface area (Å²) in [5, 5.41) is 2.70. The van der Waals surface area contributed by atoms with E-state index in [0.29, 0.717) is 23.4 Å². The normalized spacial score (nSPS) is 10.9. The predicted molar refractivity (Wildman–Crippen MR) is 83.1 cm³/mol. The number of carbonyl (C=O) groups excluding carboxylic acids is 2. The van der Waals surface area contributed by atoms with Gasteiger partial charge in [-0.3, -0.25) is 4.79 Å². The predicted octanol–water partition coefficient (Wildman–Crippen LogP) is 2.44. The van der Waals surface area contributed by atoms with Gasteiger partial charge in [0.05, 0.1) is 0 Å². The molecule has 1 aromatic heterocycles. The van der Waals surface area contributed by atoms with Gasteiger partial charge in [-0.2, -0.15) is 0 Å². The third-order valence-corrected chi connectivity index (χ3v) is 2.83. The summed E-state index contributed by atoms with van der Waals surface area (Å²) in [6, 6.07) is 5.10. The Balaban J connectivity index is 2.39. The van der Waals surface area contributed by atoms with Gasteiger partial charge >= 0.3 is 6.09 Å². The molecule has 1 aromatic rings. The molecule has 6 nitrogen and oxygen atoms in total. The van der Waals surface area contributed by atoms with Gasteiger partial charge in [0, 0.05) is 20.1 Å². The van der Waals surface area contributed by atoms with E-state index >= 15 is 0 Å². The van der Waals surface area contributed by atoms with Crippen LogP contribution < -0.4 is 5.32 Å². The number of halogens is 1. The van der Waals surface area contributed by atoms with E-state index in [-0.39, 0.29) is 5.91 Å². The van der Waals surface area contributed by atoms with Crippen LogP contribution in [0.3, 0.4) is 0 Å². The number of carbonyl (C=O) groups is 2. The molecule has 0 spiro atoms. The van der Waals surface area contributed by atoms with Crippen molar-refractivity contribution in [2.24, 2.45) is 0 Å². The van der Waals surface area contributed by atoms with Crippen LogP contribution in [0.25, 0.3) is 0 Å². The van der Waals surface area contributed by atoms with E-state index in [1.54, 1.807) is 46.0 Å². The summed E-state index contributed by atoms with van der Waals surface area (Å²) in [5.41, 5.74) is -0.209. The van der Waals surface area contributed by atoms with Crippen molar-refractivity contribution in [2.45, 2.75) is 26.4 Å². The van der Waals surface area contributed by atoms with Crippen LogP contribution in [0.1, 0.15) is 31.3 Å². The Kier molecular flexibility index (Phi) is 6.14. The van der Waals surface area contributed by atoms with Crippen LogP contribution in [0.5, 0.6) is 0 Å². The molecule has 0 bridgehead atoms. The number of hydrogen-bond acceptors (Lipinski definition) is 4. The van der Waals surface area contributed by atoms with E-state index in [1.807, 2.05) is 0 Å². The summed E-state index contributed by atoms with van der Waals surface area (Å²) >= 11 is 3.21. The highest BCUT2D eigenvalue weighted by molar-refractivity contribution is 9.10. The number of aromatic nitrogens is 1. The maximum Gasteiger partial charge on any atom is 0.410 e. The number of nitrogens with one attached hydrogen (secondary N) is 1. The van der Waals surface area contributed by atoms with Crippen molar-refractivity contribution in [1.82, 2.24) is 15.2 Å². The number of likely N-dealkylation sites (N-methyl/N-ethyl adjacent to an activating group) is 1. The van der Waals surface area contributed by atoms with E-state index in [0.717, 1.165) is 0 Å². The van der Waals surface area contributed by atoms with Gasteiger partial charge < -0.3 is 15.0 Å². The third-order valence-electron chi connectivity index (χ3n) is 2.39. The summed E-state index contributed by atoms with van der Waals surface area (Å²) in [7, 11) is 1.62. The zero-order valence-electron chi connectivity index (χ0n) is 12.6. The fraction of sp³-hybridized carbons (Fsp3) is 0.500. The first-order chi connectivity index (χ1) is 9.69. The van der Waals surface area contributed by atoms with Crippen molar-refractivity contribution in [3.8, 4) is 0 Å². The Hall–Kier alpha value is -1.63. The standard InChI is InChI=1S/C14H20BrN3O3/c1-14(2,3)21-13(20)18(4)9-8-16-12(19)10-6-5-7-11(15)17-10/h5-7H,8-9H2,1-4H3,(H,16,19). The van der Waals surface area contributed by atoms with Gasteiger partial charge in [0.25, 0.3) is 5.91 Å². The second kappa shape index (κ2) is 7.40. The Morgan fingerprint density at radius 2 is 2.05 bits per heavy atom. The molecule has 21 heavy (non-hydrogen) atoms. The molecule has 0 atom stereocenters. The first-order valence-corrected chi connectivity index (χ1v) is 7.33. The lowest BCUT2D eigenvalue weighted by Crippen LogP contribution is -2.39. The molecular weight excluding hydrogens is 338 g/mol. The van der Waals surface area contributed by atoms with E-state index < -0.39 is 11.7 Å². The lowest BCUT2D eigenvalue weighted by Gasteiger charge is -2.24. The highest BCUT2D eigenvalue weighted by Gasteiger charge is 2.19. The average molecular weight is 358 g/mol. The zero-order valence-corrected chi connectivity index (χ0v) is 14.2. The number of ether oxygens (including phenoxy) is 1. The molecule has 0 aliphatic carbocycles. The maximum atomic E-state index is 11.8. The van der Waals surface area contributed by atoms with Crippen molar-refractivity contribution in [1.29, 1.82) is 0 Å². The average Bonchev–Trinajstić information content (AvgIpc) is 2.36. The van der Waals surface area contributed by atoms with Gasteiger partial charge in [-0.1, -0.05) is 6.07 Å². The van der Waals surface area contributed by atoms with Crippen LogP contribution in [-0.2, 0) is 4.74 Å². The van der Waals surface area contributed by atoms with Crippen molar-refractivity contribution in [3.63, 3.8) is 0 Å². The summed E-state index contributed by atoms with van der Waals surface area (Å²) in [4.78, 5) is 29.0. The second-order valence-electron chi connectivity index (χ2n) is 5.50. The van der Waals surface area contributed by atoms with E-state index in [1.165, 1.54) is 4.90 Å². The molecule has 0 aliphatic heterocycles. The lowest BCUT2D eigenvalue weighted by atomic mass is 10.2. The Labute approximate surface area is 133 Å². The van der Waals surface area contributed by atoms with E-state index in [4.69, 9.17) is 4.74 Å². The molecule has 0 aliphatic rings. The number of hydrogen-bond donors (Lipinski definition) is 1. The van der Waals surface area contributed by atoms with Gasteiger partial charge in [-0.05, 0) is 48.8 Å². The van der Waals surface area contributed by atoms with Crippen LogP contribution in [0.4, 0.5) is 4.79 Å². The molecule has 2 amide bonds. The van der Waals surface area contributed by atoms with Gasteiger partial charge in [0.15, 0.2) is 0 Å². The minimum absolute atomic E-state index is 0.283. The number of pyridine rings is 1. The molecule has 0 radical (unpaired) electrons. The molecule has 0 saturated heterocycles. The third kappa shape index (κ3) is 6.57. The zero-order chi connectivity index (χ0) is 16.0. The number of rotatable bonds is 4. The molecule has 0 aromatic carbocycles. The van der Waals surface area contributed by atoms with Gasteiger partial charge in [0.2, 0.25) is 0 Å². The Morgan fingerprint density at radius 1 is 1.38 bits per heavy atom. The molecule has 1 N–H and O–H groups in total. The summed E-state index contributed by atoms with van der Waals surface area (Å²) in [6.45, 7) is 6.09. The Morgan fingerprint density at radius 3 is 2.62 bits per heavy atom. The van der Waals surface area contributed by atoms with Gasteiger partial charge in [-0.15, -0.1) is 0 Å². The first kappa shape index (κ1) is 17.4. The van der Waals surface area contributed by atoms with Crippen LogP contribution in [-0.4, -0.2) is 47.6 Å². The number of amides is 2. The highest BCUT2D eigenvalue weighted by atomic mass is 79.9. The van der Waals surface area contributed by atoms with Crippen LogP contribution in [0.2, 0.25) is 0 Å². The molecule has 0 unspecified atom stereocenters. The summed E-state index contributed by atoms with van der Waals surface area (Å²) < 4.78 is 5.81. The second-order valence-corrected chi connectivity index (χ2v) is 6.32. The summed E-state index contributed by atoms with van der Waals surface area (Å²) in [5.74, 6) is -0.283. The fourth-order valence-corrected chi connectivity index (χ4v) is 1.74. The fourth-order valence-electron chi connectivity index (χ4n) is 1.39. The summed E-state index contributed by atoms with van der Waals surface area (Å²) in [6.07, 6.45) is -0.419. The molecule has 0 fully saturated rings. The van der Waals surface area contributed by atoms with Crippen LogP contribution in [0.15, 0.2) is 22.8 Å². The molecule has 7 heteroatoms. The topological polar surface area (TPSA) is 71.5 Å². The van der Waals surface area contributed by atoms with E-state index in [9.17, 15) is 9.59 Å². The van der Waals surface area contributed by atoms with Crippen molar-refractivity contribution in [2.75, 3.05) is 20.1 Å². The minimum Gasteiger partial charge on any atom is -0.444 e. The largest absolute Gasteiger partial charge is 0.444 e. The Bertz CT molecular complexity index is 514. The SMILES string of the molecule is CN(CCNC(=O)c1cccc(Br)n1)C(=O)OC(C)(C)C.